The van der Waals surface area contributed by atoms with E-state index in [-0.39, 0.29) is 45.7 Å². The van der Waals surface area contributed by atoms with Crippen LogP contribution in [-0.2, 0) is 16.2 Å². The zero-order valence-corrected chi connectivity index (χ0v) is 26.4. The lowest BCUT2D eigenvalue weighted by molar-refractivity contribution is -0.136. The Balaban J connectivity index is 1.44. The number of aromatic amines is 1. The van der Waals surface area contributed by atoms with Crippen LogP contribution in [0.15, 0.2) is 65.1 Å². The van der Waals surface area contributed by atoms with E-state index in [4.69, 9.17) is 4.42 Å². The van der Waals surface area contributed by atoms with Gasteiger partial charge in [-0.2, -0.15) is 13.2 Å². The number of hydrogen-bond donors (Lipinski definition) is 2. The summed E-state index contributed by atoms with van der Waals surface area (Å²) in [5.74, 6) is -1.69. The van der Waals surface area contributed by atoms with Crippen molar-refractivity contribution in [3.63, 3.8) is 0 Å². The first-order valence-corrected chi connectivity index (χ1v) is 16.5. The Morgan fingerprint density at radius 3 is 2.47 bits per heavy atom. The van der Waals surface area contributed by atoms with Crippen LogP contribution in [0.25, 0.3) is 33.2 Å². The number of anilines is 1. The number of hydrogen-bond acceptors (Lipinski definition) is 5. The summed E-state index contributed by atoms with van der Waals surface area (Å²) in [5, 5.41) is 3.24. The van der Waals surface area contributed by atoms with Crippen LogP contribution in [0.5, 0.6) is 0 Å². The van der Waals surface area contributed by atoms with Crippen LogP contribution in [0.3, 0.4) is 0 Å². The summed E-state index contributed by atoms with van der Waals surface area (Å²) in [6.45, 7) is 0.467. The van der Waals surface area contributed by atoms with Gasteiger partial charge in [-0.05, 0) is 60.9 Å². The third kappa shape index (κ3) is 5.93. The van der Waals surface area contributed by atoms with Gasteiger partial charge in [0.15, 0.2) is 0 Å². The summed E-state index contributed by atoms with van der Waals surface area (Å²) in [4.78, 5) is 31.1. The second-order valence-corrected chi connectivity index (χ2v) is 13.6. The molecule has 1 fully saturated rings. The molecule has 1 aliphatic heterocycles. The zero-order chi connectivity index (χ0) is 33.8. The van der Waals surface area contributed by atoms with E-state index >= 15 is 0 Å². The molecule has 246 valence electrons. The van der Waals surface area contributed by atoms with Gasteiger partial charge in [0.05, 0.1) is 28.6 Å². The summed E-state index contributed by atoms with van der Waals surface area (Å²) < 4.78 is 87.3. The Hall–Kier alpha value is -4.85. The number of piperidine rings is 1. The number of sulfonamides is 1. The van der Waals surface area contributed by atoms with Crippen molar-refractivity contribution in [2.24, 2.45) is 0 Å². The Bertz CT molecular complexity index is 2140. The Morgan fingerprint density at radius 1 is 1.09 bits per heavy atom. The predicted molar refractivity (Wildman–Crippen MR) is 169 cm³/mol. The molecule has 14 heteroatoms. The van der Waals surface area contributed by atoms with E-state index < -0.39 is 45.3 Å². The van der Waals surface area contributed by atoms with Crippen molar-refractivity contribution >= 4 is 49.4 Å². The summed E-state index contributed by atoms with van der Waals surface area (Å²) in [6.07, 6.45) is -2.48. The van der Waals surface area contributed by atoms with Crippen LogP contribution >= 0.6 is 0 Å². The monoisotopic (exact) mass is 670 g/mol. The standard InChI is InChI=1S/C33H30F4N4O5S/c1-38-31(42)28-23-15-22(26(40(2)47(3,44)45)16-27(23)46-30(28)18-9-11-21(34)12-10-18)20-7-5-13-41(17-20)32(43)25-14-19-6-4-8-24(29(19)39-25)33(35,36)37/h4,6,8-12,14-16,20,39H,5,7,13,17H2,1-3H3,(H,38,42). The molecule has 0 aliphatic carbocycles. The number of aromatic nitrogens is 1. The molecule has 2 N–H and O–H groups in total. The maximum Gasteiger partial charge on any atom is 0.418 e. The minimum atomic E-state index is -4.61. The van der Waals surface area contributed by atoms with Crippen LogP contribution < -0.4 is 9.62 Å². The summed E-state index contributed by atoms with van der Waals surface area (Å²) >= 11 is 0. The van der Waals surface area contributed by atoms with E-state index in [1.165, 1.54) is 67.5 Å². The van der Waals surface area contributed by atoms with Crippen LogP contribution in [0.1, 0.15) is 50.7 Å². The summed E-state index contributed by atoms with van der Waals surface area (Å²) in [5.41, 5.74) is 0.588. The van der Waals surface area contributed by atoms with Crippen LogP contribution in [0.4, 0.5) is 23.2 Å². The highest BCUT2D eigenvalue weighted by atomic mass is 32.2. The number of halogens is 4. The topological polar surface area (TPSA) is 116 Å². The van der Waals surface area contributed by atoms with Gasteiger partial charge in [-0.3, -0.25) is 13.9 Å². The number of carbonyl (C=O) groups excluding carboxylic acids is 2. The molecule has 1 atom stereocenters. The van der Waals surface area contributed by atoms with Crippen molar-refractivity contribution in [2.45, 2.75) is 24.9 Å². The highest BCUT2D eigenvalue weighted by Crippen LogP contribution is 2.42. The average molecular weight is 671 g/mol. The molecule has 0 bridgehead atoms. The fourth-order valence-electron chi connectivity index (χ4n) is 6.18. The van der Waals surface area contributed by atoms with E-state index in [0.717, 1.165) is 16.6 Å². The van der Waals surface area contributed by atoms with Crippen LogP contribution in [-0.4, -0.2) is 63.6 Å². The fourth-order valence-corrected chi connectivity index (χ4v) is 6.69. The number of amides is 2. The van der Waals surface area contributed by atoms with Crippen molar-refractivity contribution in [1.29, 1.82) is 0 Å². The highest BCUT2D eigenvalue weighted by Gasteiger charge is 2.35. The van der Waals surface area contributed by atoms with E-state index in [9.17, 15) is 35.6 Å². The molecule has 9 nitrogen and oxygen atoms in total. The molecule has 3 heterocycles. The number of benzene rings is 3. The van der Waals surface area contributed by atoms with Gasteiger partial charge in [-0.1, -0.05) is 12.1 Å². The number of nitrogens with one attached hydrogen (secondary N) is 2. The first-order chi connectivity index (χ1) is 22.2. The quantitative estimate of drug-likeness (QED) is 0.200. The zero-order valence-electron chi connectivity index (χ0n) is 25.5. The minimum Gasteiger partial charge on any atom is -0.455 e. The molecular weight excluding hydrogens is 640 g/mol. The SMILES string of the molecule is CNC(=O)c1c(-c2ccc(F)cc2)oc2cc(N(C)S(C)(=O)=O)c(C3CCCN(C(=O)c4cc5cccc(C(F)(F)F)c5[nH]4)C3)cc12. The second kappa shape index (κ2) is 11.7. The van der Waals surface area contributed by atoms with Crippen molar-refractivity contribution in [3.05, 3.63) is 88.9 Å². The molecule has 1 aliphatic rings. The van der Waals surface area contributed by atoms with Gasteiger partial charge in [0.1, 0.15) is 22.9 Å². The van der Waals surface area contributed by atoms with Gasteiger partial charge in [0, 0.05) is 55.5 Å². The van der Waals surface area contributed by atoms with Crippen LogP contribution in [0.2, 0.25) is 0 Å². The first-order valence-electron chi connectivity index (χ1n) is 14.7. The van der Waals surface area contributed by atoms with Crippen molar-refractivity contribution in [2.75, 3.05) is 37.7 Å². The number of likely N-dealkylation sites (tertiary alicyclic amines) is 1. The molecule has 0 saturated carbocycles. The van der Waals surface area contributed by atoms with Crippen molar-refractivity contribution in [1.82, 2.24) is 15.2 Å². The van der Waals surface area contributed by atoms with E-state index in [0.29, 0.717) is 35.9 Å². The minimum absolute atomic E-state index is 0.00181. The number of para-hydroxylation sites is 1. The van der Waals surface area contributed by atoms with Crippen molar-refractivity contribution < 1.29 is 40.0 Å². The number of alkyl halides is 3. The van der Waals surface area contributed by atoms with E-state index in [1.807, 2.05) is 0 Å². The lowest BCUT2D eigenvalue weighted by atomic mass is 9.88. The molecule has 2 amide bonds. The maximum absolute atomic E-state index is 13.7. The van der Waals surface area contributed by atoms with Gasteiger partial charge in [-0.25, -0.2) is 12.8 Å². The third-order valence-corrected chi connectivity index (χ3v) is 9.77. The molecule has 5 aromatic rings. The molecule has 1 unspecified atom stereocenters. The lowest BCUT2D eigenvalue weighted by Gasteiger charge is -2.34. The Kier molecular flexibility index (Phi) is 8.02. The largest absolute Gasteiger partial charge is 0.455 e. The summed E-state index contributed by atoms with van der Waals surface area (Å²) in [6, 6.07) is 13.7. The van der Waals surface area contributed by atoms with Gasteiger partial charge >= 0.3 is 6.18 Å². The maximum atomic E-state index is 13.7. The molecule has 0 spiro atoms. The third-order valence-electron chi connectivity index (χ3n) is 8.57. The van der Waals surface area contributed by atoms with E-state index in [1.54, 1.807) is 6.07 Å². The average Bonchev–Trinajstić information content (AvgIpc) is 3.64. The fraction of sp³-hybridized carbons (Fsp3) is 0.273. The number of carbonyl (C=O) groups is 2. The molecular formula is C33H30F4N4O5S. The van der Waals surface area contributed by atoms with E-state index in [2.05, 4.69) is 10.3 Å². The second-order valence-electron chi connectivity index (χ2n) is 11.6. The molecule has 2 aromatic heterocycles. The molecule has 0 radical (unpaired) electrons. The molecule has 3 aromatic carbocycles. The predicted octanol–water partition coefficient (Wildman–Crippen LogP) is 6.51. The van der Waals surface area contributed by atoms with Gasteiger partial charge < -0.3 is 19.6 Å². The molecule has 47 heavy (non-hydrogen) atoms. The van der Waals surface area contributed by atoms with Crippen LogP contribution in [0, 0.1) is 5.82 Å². The molecule has 6 rings (SSSR count). The van der Waals surface area contributed by atoms with Gasteiger partial charge in [0.25, 0.3) is 11.8 Å². The van der Waals surface area contributed by atoms with Gasteiger partial charge in [-0.15, -0.1) is 0 Å². The summed E-state index contributed by atoms with van der Waals surface area (Å²) in [7, 11) is -0.938. The Labute approximate surface area is 267 Å². The smallest absolute Gasteiger partial charge is 0.418 e. The number of H-pyrrole nitrogens is 1. The molecule has 1 saturated heterocycles. The number of furan rings is 1. The number of rotatable bonds is 6. The number of nitrogens with zero attached hydrogens (tertiary/aromatic N) is 2. The van der Waals surface area contributed by atoms with Crippen molar-refractivity contribution in [3.8, 4) is 11.3 Å². The first kappa shape index (κ1) is 32.1. The Morgan fingerprint density at radius 2 is 1.81 bits per heavy atom. The highest BCUT2D eigenvalue weighted by molar-refractivity contribution is 7.92. The lowest BCUT2D eigenvalue weighted by Crippen LogP contribution is -2.39. The number of fused-ring (bicyclic) bond motifs is 2. The normalized spacial score (nSPS) is 15.7. The van der Waals surface area contributed by atoms with Gasteiger partial charge in [0.2, 0.25) is 10.0 Å².